The Morgan fingerprint density at radius 1 is 1.57 bits per heavy atom. The second kappa shape index (κ2) is 5.87. The fraction of sp³-hybridized carbons (Fsp3) is 0.333. The number of rotatable bonds is 2. The highest BCUT2D eigenvalue weighted by Crippen LogP contribution is 1.70. The molecule has 0 spiro atoms. The second-order valence-corrected chi connectivity index (χ2v) is 1.30. The molecule has 0 atom stereocenters. The third kappa shape index (κ3) is 5.87. The van der Waals surface area contributed by atoms with Crippen molar-refractivity contribution in [3.05, 3.63) is 0 Å². The molecule has 0 bridgehead atoms. The first kappa shape index (κ1) is 6.87. The first-order chi connectivity index (χ1) is 3.41. The molecular weight excluding hydrogens is 205 g/mol. The maximum Gasteiger partial charge on any atom is 0.111 e. The van der Waals surface area contributed by atoms with Crippen LogP contribution >= 0.6 is 22.6 Å². The Labute approximate surface area is 56.0 Å². The summed E-state index contributed by atoms with van der Waals surface area (Å²) in [6.45, 7) is 0. The molecule has 0 aliphatic rings. The van der Waals surface area contributed by atoms with E-state index in [0.717, 1.165) is 0 Å². The Morgan fingerprint density at radius 2 is 2.29 bits per heavy atom. The summed E-state index contributed by atoms with van der Waals surface area (Å²) < 4.78 is 1.59. The summed E-state index contributed by atoms with van der Waals surface area (Å²) >= 11 is 1.99. The van der Waals surface area contributed by atoms with Crippen molar-refractivity contribution in [3.63, 3.8) is 0 Å². The zero-order valence-corrected chi connectivity index (χ0v) is 6.08. The summed E-state index contributed by atoms with van der Waals surface area (Å²) in [5.41, 5.74) is 0. The van der Waals surface area contributed by atoms with Gasteiger partial charge < -0.3 is 5.32 Å². The first-order valence-corrected chi connectivity index (χ1v) is 2.97. The van der Waals surface area contributed by atoms with E-state index in [0.29, 0.717) is 0 Å². The lowest BCUT2D eigenvalue weighted by Gasteiger charge is -1.76. The smallest absolute Gasteiger partial charge is 0.111 e. The van der Waals surface area contributed by atoms with E-state index in [1.807, 2.05) is 22.6 Å². The van der Waals surface area contributed by atoms with Crippen molar-refractivity contribution >= 4 is 33.2 Å². The molecule has 0 fully saturated rings. The van der Waals surface area contributed by atoms with Crippen LogP contribution in [0.15, 0.2) is 10.2 Å². The van der Waals surface area contributed by atoms with Gasteiger partial charge in [-0.05, 0) is 22.6 Å². The van der Waals surface area contributed by atoms with Crippen LogP contribution in [0.25, 0.3) is 0 Å². The predicted molar refractivity (Wildman–Crippen MR) is 40.1 cm³/mol. The van der Waals surface area contributed by atoms with Gasteiger partial charge in [-0.25, -0.2) is 0 Å². The fourth-order valence-corrected chi connectivity index (χ4v) is 0.260. The lowest BCUT2D eigenvalue weighted by Crippen LogP contribution is -1.99. The van der Waals surface area contributed by atoms with Crippen LogP contribution in [-0.4, -0.2) is 17.6 Å². The predicted octanol–water partition coefficient (Wildman–Crippen LogP) is 0.612. The average molecular weight is 211 g/mol. The molecule has 0 aliphatic heterocycles. The summed E-state index contributed by atoms with van der Waals surface area (Å²) in [4.78, 5) is 0. The van der Waals surface area contributed by atoms with E-state index in [-0.39, 0.29) is 0 Å². The Kier molecular flexibility index (Phi) is 5.76. The number of nitrogens with zero attached hydrogens (tertiary/aromatic N) is 2. The van der Waals surface area contributed by atoms with Crippen LogP contribution in [0, 0.1) is 0 Å². The molecule has 1 N–H and O–H groups in total. The largest absolute Gasteiger partial charge is 0.378 e. The maximum atomic E-state index is 3.53. The summed E-state index contributed by atoms with van der Waals surface area (Å²) in [6, 6.07) is 0. The number of nitrogens with one attached hydrogen (secondary N) is 1. The molecule has 0 amide bonds. The van der Waals surface area contributed by atoms with Crippen LogP contribution in [-0.2, 0) is 0 Å². The Bertz CT molecular complexity index is 78.2. The van der Waals surface area contributed by atoms with Crippen LogP contribution in [0.5, 0.6) is 0 Å². The molecule has 0 saturated heterocycles. The van der Waals surface area contributed by atoms with E-state index in [1.54, 1.807) is 11.3 Å². The molecule has 0 unspecified atom stereocenters. The standard InChI is InChI=1S/C3H6IN3/c1-5-3-7-6-2-4/h2-3H,1H3,(H,5,7)/b6-2-. The highest BCUT2D eigenvalue weighted by Gasteiger charge is 1.55. The van der Waals surface area contributed by atoms with E-state index in [4.69, 9.17) is 0 Å². The number of hydrogen-bond acceptors (Lipinski definition) is 2. The second-order valence-electron chi connectivity index (χ2n) is 0.746. The minimum atomic E-state index is 1.51. The normalized spacial score (nSPS) is 11.1. The molecule has 3 nitrogen and oxygen atoms in total. The van der Waals surface area contributed by atoms with Crippen LogP contribution < -0.4 is 5.32 Å². The Morgan fingerprint density at radius 3 is 2.71 bits per heavy atom. The molecule has 40 valence electrons. The van der Waals surface area contributed by atoms with Crippen LogP contribution in [0.1, 0.15) is 0 Å². The maximum absolute atomic E-state index is 3.53. The van der Waals surface area contributed by atoms with Gasteiger partial charge in [-0.3, -0.25) is 0 Å². The van der Waals surface area contributed by atoms with Crippen LogP contribution in [0.2, 0.25) is 0 Å². The SMILES string of the molecule is CN/C=N\N=C/I. The third-order valence-corrected chi connectivity index (χ3v) is 0.546. The summed E-state index contributed by atoms with van der Waals surface area (Å²) in [5, 5.41) is 9.76. The summed E-state index contributed by atoms with van der Waals surface area (Å²) in [6.07, 6.45) is 1.51. The van der Waals surface area contributed by atoms with E-state index >= 15 is 0 Å². The van der Waals surface area contributed by atoms with Gasteiger partial charge in [0.25, 0.3) is 0 Å². The molecule has 7 heavy (non-hydrogen) atoms. The quantitative estimate of drug-likeness (QED) is 0.309. The molecule has 0 rings (SSSR count). The molecule has 0 aromatic rings. The zero-order valence-electron chi connectivity index (χ0n) is 3.93. The van der Waals surface area contributed by atoms with Gasteiger partial charge in [0.1, 0.15) is 6.34 Å². The molecule has 0 saturated carbocycles. The van der Waals surface area contributed by atoms with Crippen molar-refractivity contribution in [1.29, 1.82) is 0 Å². The molecule has 0 aromatic heterocycles. The molecular formula is C3H6IN3. The van der Waals surface area contributed by atoms with E-state index < -0.39 is 0 Å². The minimum Gasteiger partial charge on any atom is -0.378 e. The number of hydrogen-bond donors (Lipinski definition) is 1. The fourth-order valence-electron chi connectivity index (χ4n) is 0.116. The van der Waals surface area contributed by atoms with Crippen molar-refractivity contribution in [2.24, 2.45) is 10.2 Å². The minimum absolute atomic E-state index is 1.51. The van der Waals surface area contributed by atoms with Crippen molar-refractivity contribution < 1.29 is 0 Å². The van der Waals surface area contributed by atoms with Gasteiger partial charge in [-0.15, -0.1) is 5.10 Å². The van der Waals surface area contributed by atoms with Gasteiger partial charge in [0.15, 0.2) is 0 Å². The van der Waals surface area contributed by atoms with Crippen molar-refractivity contribution in [1.82, 2.24) is 5.32 Å². The molecule has 0 aromatic carbocycles. The van der Waals surface area contributed by atoms with Gasteiger partial charge in [0.05, 0.1) is 4.22 Å². The van der Waals surface area contributed by atoms with E-state index in [2.05, 4.69) is 15.5 Å². The zero-order chi connectivity index (χ0) is 5.54. The Hall–Kier alpha value is -0.130. The van der Waals surface area contributed by atoms with Gasteiger partial charge in [-0.1, -0.05) is 0 Å². The van der Waals surface area contributed by atoms with Crippen LogP contribution in [0.3, 0.4) is 0 Å². The van der Waals surface area contributed by atoms with Crippen LogP contribution in [0.4, 0.5) is 0 Å². The number of halogens is 1. The lowest BCUT2D eigenvalue weighted by atomic mass is 11.2. The monoisotopic (exact) mass is 211 g/mol. The average Bonchev–Trinajstić information content (AvgIpc) is 1.69. The third-order valence-electron chi connectivity index (χ3n) is 0.297. The van der Waals surface area contributed by atoms with Gasteiger partial charge in [0.2, 0.25) is 0 Å². The first-order valence-electron chi connectivity index (χ1n) is 1.72. The topological polar surface area (TPSA) is 36.8 Å². The molecule has 0 radical (unpaired) electrons. The van der Waals surface area contributed by atoms with Gasteiger partial charge >= 0.3 is 0 Å². The Balaban J connectivity index is 3.09. The highest BCUT2D eigenvalue weighted by molar-refractivity contribution is 14.1. The lowest BCUT2D eigenvalue weighted by molar-refractivity contribution is 1.16. The molecule has 0 aliphatic carbocycles. The van der Waals surface area contributed by atoms with Crippen molar-refractivity contribution in [2.45, 2.75) is 0 Å². The van der Waals surface area contributed by atoms with E-state index in [1.165, 1.54) is 6.34 Å². The molecule has 0 heterocycles. The van der Waals surface area contributed by atoms with Crippen molar-refractivity contribution in [2.75, 3.05) is 7.05 Å². The van der Waals surface area contributed by atoms with Crippen molar-refractivity contribution in [3.8, 4) is 0 Å². The molecule has 4 heteroatoms. The van der Waals surface area contributed by atoms with E-state index in [9.17, 15) is 0 Å². The van der Waals surface area contributed by atoms with Gasteiger partial charge in [-0.2, -0.15) is 5.10 Å². The van der Waals surface area contributed by atoms with Gasteiger partial charge in [0, 0.05) is 7.05 Å². The summed E-state index contributed by atoms with van der Waals surface area (Å²) in [7, 11) is 1.77. The summed E-state index contributed by atoms with van der Waals surface area (Å²) in [5.74, 6) is 0. The highest BCUT2D eigenvalue weighted by atomic mass is 127.